The van der Waals surface area contributed by atoms with E-state index in [9.17, 15) is 0 Å². The maximum Gasteiger partial charge on any atom is 0.0781 e. The van der Waals surface area contributed by atoms with Gasteiger partial charge in [0.25, 0.3) is 0 Å². The van der Waals surface area contributed by atoms with Crippen LogP contribution in [0.1, 0.15) is 33.6 Å². The lowest BCUT2D eigenvalue weighted by atomic mass is 10.0. The summed E-state index contributed by atoms with van der Waals surface area (Å²) in [4.78, 5) is 2.37. The van der Waals surface area contributed by atoms with Crippen LogP contribution in [0.15, 0.2) is 0 Å². The molecule has 0 amide bonds. The average Bonchev–Trinajstić information content (AvgIpc) is 2.59. The second kappa shape index (κ2) is 6.58. The zero-order valence-corrected chi connectivity index (χ0v) is 11.4. The molecule has 3 nitrogen and oxygen atoms in total. The molecule has 1 rings (SSSR count). The lowest BCUT2D eigenvalue weighted by Gasteiger charge is -2.29. The van der Waals surface area contributed by atoms with Crippen molar-refractivity contribution in [3.05, 3.63) is 0 Å². The van der Waals surface area contributed by atoms with Crippen LogP contribution in [0, 0.1) is 5.92 Å². The molecule has 0 spiro atoms. The van der Waals surface area contributed by atoms with Crippen molar-refractivity contribution in [1.29, 1.82) is 0 Å². The van der Waals surface area contributed by atoms with Crippen LogP contribution in [-0.2, 0) is 4.74 Å². The Bertz CT molecular complexity index is 188. The molecule has 16 heavy (non-hydrogen) atoms. The largest absolute Gasteiger partial charge is 0.374 e. The predicted molar refractivity (Wildman–Crippen MR) is 68.8 cm³/mol. The first-order valence-electron chi connectivity index (χ1n) is 6.55. The monoisotopic (exact) mass is 228 g/mol. The fraction of sp³-hybridized carbons (Fsp3) is 1.00. The Hall–Kier alpha value is -0.120. The summed E-state index contributed by atoms with van der Waals surface area (Å²) in [7, 11) is 2.18. The second-order valence-electron chi connectivity index (χ2n) is 5.74. The van der Waals surface area contributed by atoms with Gasteiger partial charge in [-0.25, -0.2) is 0 Å². The number of hydrogen-bond donors (Lipinski definition) is 1. The summed E-state index contributed by atoms with van der Waals surface area (Å²) in [5.41, 5.74) is 0.104. The van der Waals surface area contributed by atoms with Crippen molar-refractivity contribution in [3.8, 4) is 0 Å². The van der Waals surface area contributed by atoms with Gasteiger partial charge in [0.05, 0.1) is 5.60 Å². The number of ether oxygens (including phenoxy) is 1. The van der Waals surface area contributed by atoms with E-state index in [0.29, 0.717) is 0 Å². The Morgan fingerprint density at radius 3 is 2.75 bits per heavy atom. The Labute approximate surface area is 101 Å². The molecule has 0 aliphatic carbocycles. The third-order valence-corrected chi connectivity index (χ3v) is 3.13. The highest BCUT2D eigenvalue weighted by atomic mass is 16.5. The van der Waals surface area contributed by atoms with Crippen LogP contribution in [0.5, 0.6) is 0 Å². The van der Waals surface area contributed by atoms with Crippen molar-refractivity contribution in [1.82, 2.24) is 10.2 Å². The lowest BCUT2D eigenvalue weighted by molar-refractivity contribution is -0.00321. The van der Waals surface area contributed by atoms with Crippen LogP contribution in [0.2, 0.25) is 0 Å². The molecule has 0 bridgehead atoms. The molecule has 0 aromatic rings. The first-order valence-corrected chi connectivity index (χ1v) is 6.55. The second-order valence-corrected chi connectivity index (χ2v) is 5.74. The molecule has 1 N–H and O–H groups in total. The predicted octanol–water partition coefficient (Wildman–Crippen LogP) is 1.73. The number of nitrogens with one attached hydrogen (secondary N) is 1. The molecule has 0 radical (unpaired) electrons. The van der Waals surface area contributed by atoms with E-state index in [1.165, 1.54) is 12.8 Å². The molecule has 1 saturated heterocycles. The van der Waals surface area contributed by atoms with E-state index < -0.39 is 0 Å². The molecule has 1 fully saturated rings. The Morgan fingerprint density at radius 2 is 2.19 bits per heavy atom. The van der Waals surface area contributed by atoms with Crippen molar-refractivity contribution in [2.45, 2.75) is 39.2 Å². The normalized spacial score (nSPS) is 25.9. The molecule has 1 atom stereocenters. The van der Waals surface area contributed by atoms with Crippen LogP contribution >= 0.6 is 0 Å². The molecule has 1 aliphatic rings. The number of rotatable bonds is 7. The van der Waals surface area contributed by atoms with Gasteiger partial charge in [0.15, 0.2) is 0 Å². The molecular formula is C13H28N2O. The van der Waals surface area contributed by atoms with Crippen molar-refractivity contribution in [3.63, 3.8) is 0 Å². The highest BCUT2D eigenvalue weighted by Crippen LogP contribution is 2.25. The van der Waals surface area contributed by atoms with Crippen LogP contribution < -0.4 is 5.32 Å². The molecule has 1 unspecified atom stereocenters. The lowest BCUT2D eigenvalue weighted by Crippen LogP contribution is -2.41. The quantitative estimate of drug-likeness (QED) is 0.672. The van der Waals surface area contributed by atoms with Gasteiger partial charge < -0.3 is 15.0 Å². The van der Waals surface area contributed by atoms with Gasteiger partial charge in [0.1, 0.15) is 0 Å². The minimum Gasteiger partial charge on any atom is -0.374 e. The van der Waals surface area contributed by atoms with Gasteiger partial charge in [-0.15, -0.1) is 0 Å². The highest BCUT2D eigenvalue weighted by Gasteiger charge is 2.30. The summed E-state index contributed by atoms with van der Waals surface area (Å²) in [5.74, 6) is 0.737. The summed E-state index contributed by atoms with van der Waals surface area (Å²) in [6.07, 6.45) is 2.42. The fourth-order valence-electron chi connectivity index (χ4n) is 2.27. The van der Waals surface area contributed by atoms with E-state index in [1.807, 2.05) is 0 Å². The van der Waals surface area contributed by atoms with Gasteiger partial charge in [-0.1, -0.05) is 13.8 Å². The highest BCUT2D eigenvalue weighted by molar-refractivity contribution is 4.83. The Balaban J connectivity index is 2.08. The van der Waals surface area contributed by atoms with Crippen molar-refractivity contribution >= 4 is 0 Å². The summed E-state index contributed by atoms with van der Waals surface area (Å²) in [6, 6.07) is 0. The van der Waals surface area contributed by atoms with E-state index in [4.69, 9.17) is 4.74 Å². The third-order valence-electron chi connectivity index (χ3n) is 3.13. The molecule has 0 aromatic heterocycles. The molecule has 1 heterocycles. The topological polar surface area (TPSA) is 24.5 Å². The summed E-state index contributed by atoms with van der Waals surface area (Å²) < 4.78 is 5.79. The van der Waals surface area contributed by atoms with Gasteiger partial charge in [-0.05, 0) is 39.3 Å². The molecular weight excluding hydrogens is 200 g/mol. The van der Waals surface area contributed by atoms with Gasteiger partial charge in [0, 0.05) is 26.2 Å². The van der Waals surface area contributed by atoms with Gasteiger partial charge >= 0.3 is 0 Å². The standard InChI is InChI=1S/C13H28N2O/c1-12(2)10-14-7-8-15(4)11-13(3)6-5-9-16-13/h12,14H,5-11H2,1-4H3. The fourth-order valence-corrected chi connectivity index (χ4v) is 2.27. The molecule has 3 heteroatoms. The number of likely N-dealkylation sites (N-methyl/N-ethyl adjacent to an activating group) is 1. The summed E-state index contributed by atoms with van der Waals surface area (Å²) in [6.45, 7) is 12.0. The van der Waals surface area contributed by atoms with Gasteiger partial charge in [-0.3, -0.25) is 0 Å². The average molecular weight is 228 g/mol. The van der Waals surface area contributed by atoms with Crippen molar-refractivity contribution in [2.24, 2.45) is 5.92 Å². The molecule has 0 saturated carbocycles. The smallest absolute Gasteiger partial charge is 0.0781 e. The van der Waals surface area contributed by atoms with Crippen LogP contribution in [0.4, 0.5) is 0 Å². The third kappa shape index (κ3) is 5.28. The SMILES string of the molecule is CC(C)CNCCN(C)CC1(C)CCCO1. The zero-order valence-electron chi connectivity index (χ0n) is 11.4. The van der Waals surface area contributed by atoms with E-state index in [-0.39, 0.29) is 5.60 Å². The minimum atomic E-state index is 0.104. The number of hydrogen-bond acceptors (Lipinski definition) is 3. The minimum absolute atomic E-state index is 0.104. The maximum atomic E-state index is 5.79. The van der Waals surface area contributed by atoms with Crippen molar-refractivity contribution in [2.75, 3.05) is 39.8 Å². The summed E-state index contributed by atoms with van der Waals surface area (Å²) in [5, 5.41) is 3.47. The van der Waals surface area contributed by atoms with Crippen molar-refractivity contribution < 1.29 is 4.74 Å². The van der Waals surface area contributed by atoms with E-state index in [1.54, 1.807) is 0 Å². The van der Waals surface area contributed by atoms with Crippen LogP contribution in [0.3, 0.4) is 0 Å². The molecule has 0 aromatic carbocycles. The summed E-state index contributed by atoms with van der Waals surface area (Å²) >= 11 is 0. The van der Waals surface area contributed by atoms with Gasteiger partial charge in [-0.2, -0.15) is 0 Å². The Kier molecular flexibility index (Phi) is 5.73. The molecule has 96 valence electrons. The zero-order chi connectivity index (χ0) is 12.0. The van der Waals surface area contributed by atoms with E-state index in [2.05, 4.69) is 38.0 Å². The van der Waals surface area contributed by atoms with Gasteiger partial charge in [0.2, 0.25) is 0 Å². The Morgan fingerprint density at radius 1 is 1.44 bits per heavy atom. The van der Waals surface area contributed by atoms with E-state index >= 15 is 0 Å². The van der Waals surface area contributed by atoms with Crippen LogP contribution in [-0.4, -0.2) is 50.3 Å². The van der Waals surface area contributed by atoms with Crippen LogP contribution in [0.25, 0.3) is 0 Å². The maximum absolute atomic E-state index is 5.79. The van der Waals surface area contributed by atoms with E-state index in [0.717, 1.165) is 38.7 Å². The first-order chi connectivity index (χ1) is 7.52. The first kappa shape index (κ1) is 13.9. The number of nitrogens with zero attached hydrogens (tertiary/aromatic N) is 1. The molecule has 1 aliphatic heterocycles.